The second kappa shape index (κ2) is 7.77. The molecule has 1 heterocycles. The fourth-order valence-corrected chi connectivity index (χ4v) is 2.64. The molecule has 122 valence electrons. The van der Waals surface area contributed by atoms with E-state index in [4.69, 9.17) is 0 Å². The van der Waals surface area contributed by atoms with Crippen LogP contribution in [-0.4, -0.2) is 22.8 Å². The van der Waals surface area contributed by atoms with Gasteiger partial charge in [0, 0.05) is 19.3 Å². The van der Waals surface area contributed by atoms with Crippen molar-refractivity contribution in [3.05, 3.63) is 70.1 Å². The van der Waals surface area contributed by atoms with Gasteiger partial charge in [-0.05, 0) is 30.4 Å². The first-order valence-corrected chi connectivity index (χ1v) is 8.00. The Hall–Kier alpha value is -2.36. The Labute approximate surface area is 137 Å². The van der Waals surface area contributed by atoms with Crippen molar-refractivity contribution in [2.75, 3.05) is 7.05 Å². The van der Waals surface area contributed by atoms with E-state index >= 15 is 0 Å². The highest BCUT2D eigenvalue weighted by Gasteiger charge is 2.22. The van der Waals surface area contributed by atoms with Crippen LogP contribution in [0.1, 0.15) is 48.7 Å². The van der Waals surface area contributed by atoms with Crippen LogP contribution in [0, 0.1) is 5.92 Å². The van der Waals surface area contributed by atoms with Crippen LogP contribution in [-0.2, 0) is 0 Å². The molecular weight excluding hydrogens is 288 g/mol. The summed E-state index contributed by atoms with van der Waals surface area (Å²) in [7, 11) is 1.82. The Balaban J connectivity index is 2.24. The molecule has 2 rings (SSSR count). The first-order valence-electron chi connectivity index (χ1n) is 8.00. The quantitative estimate of drug-likeness (QED) is 0.885. The smallest absolute Gasteiger partial charge is 0.255 e. The van der Waals surface area contributed by atoms with Gasteiger partial charge in [-0.1, -0.05) is 44.2 Å². The Morgan fingerprint density at radius 2 is 1.78 bits per heavy atom. The predicted octanol–water partition coefficient (Wildman–Crippen LogP) is 3.62. The van der Waals surface area contributed by atoms with Crippen LogP contribution in [0.2, 0.25) is 0 Å². The Bertz CT molecular complexity index is 672. The molecule has 1 aromatic carbocycles. The molecule has 4 nitrogen and oxygen atoms in total. The number of pyridine rings is 1. The molecule has 1 N–H and O–H groups in total. The lowest BCUT2D eigenvalue weighted by molar-refractivity contribution is 0.0717. The molecule has 0 aliphatic carbocycles. The number of aromatic amines is 1. The minimum Gasteiger partial charge on any atom is -0.335 e. The van der Waals surface area contributed by atoms with E-state index in [1.165, 1.54) is 12.3 Å². The maximum atomic E-state index is 12.7. The van der Waals surface area contributed by atoms with Gasteiger partial charge in [-0.2, -0.15) is 0 Å². The summed E-state index contributed by atoms with van der Waals surface area (Å²) in [4.78, 5) is 28.2. The molecule has 0 saturated heterocycles. The van der Waals surface area contributed by atoms with Crippen molar-refractivity contribution in [2.45, 2.75) is 32.7 Å². The van der Waals surface area contributed by atoms with E-state index in [1.54, 1.807) is 11.0 Å². The number of carbonyl (C=O) groups excluding carboxylic acids is 1. The molecule has 0 spiro atoms. The topological polar surface area (TPSA) is 53.2 Å². The molecule has 1 atom stereocenters. The van der Waals surface area contributed by atoms with Gasteiger partial charge in [-0.25, -0.2) is 0 Å². The molecular formula is C19H24N2O2. The zero-order valence-corrected chi connectivity index (χ0v) is 14.0. The van der Waals surface area contributed by atoms with Gasteiger partial charge in [0.05, 0.1) is 11.6 Å². The summed E-state index contributed by atoms with van der Waals surface area (Å²) in [5.74, 6) is 0.497. The van der Waals surface area contributed by atoms with Gasteiger partial charge in [0.25, 0.3) is 5.91 Å². The Morgan fingerprint density at radius 3 is 2.35 bits per heavy atom. The molecule has 1 amide bonds. The fourth-order valence-electron chi connectivity index (χ4n) is 2.64. The van der Waals surface area contributed by atoms with Gasteiger partial charge in [-0.3, -0.25) is 9.59 Å². The number of nitrogens with one attached hydrogen (secondary N) is 1. The van der Waals surface area contributed by atoms with E-state index < -0.39 is 0 Å². The van der Waals surface area contributed by atoms with Gasteiger partial charge in [0.2, 0.25) is 5.56 Å². The first-order chi connectivity index (χ1) is 11.0. The summed E-state index contributed by atoms with van der Waals surface area (Å²) in [6, 6.07) is 13.1. The molecule has 1 aromatic heterocycles. The average molecular weight is 312 g/mol. The molecule has 0 bridgehead atoms. The van der Waals surface area contributed by atoms with Gasteiger partial charge in [0.15, 0.2) is 0 Å². The maximum absolute atomic E-state index is 12.7. The summed E-state index contributed by atoms with van der Waals surface area (Å²) >= 11 is 0. The predicted molar refractivity (Wildman–Crippen MR) is 92.4 cm³/mol. The summed E-state index contributed by atoms with van der Waals surface area (Å²) in [5.41, 5.74) is 1.43. The van der Waals surface area contributed by atoms with Gasteiger partial charge in [0.1, 0.15) is 0 Å². The molecule has 0 aliphatic rings. The third kappa shape index (κ3) is 4.55. The SMILES string of the molecule is CC(C)CC[C@@H](c1ccccc1)N(C)C(=O)c1ccc(=O)[nH]c1. The highest BCUT2D eigenvalue weighted by molar-refractivity contribution is 5.93. The summed E-state index contributed by atoms with van der Waals surface area (Å²) in [5, 5.41) is 0. The van der Waals surface area contributed by atoms with Crippen LogP contribution in [0.4, 0.5) is 0 Å². The number of aromatic nitrogens is 1. The standard InChI is InChI=1S/C19H24N2O2/c1-14(2)9-11-17(15-7-5-4-6-8-15)21(3)19(23)16-10-12-18(22)20-13-16/h4-8,10,12-14,17H,9,11H2,1-3H3,(H,20,22)/t17-/m0/s1. The minimum atomic E-state index is -0.205. The second-order valence-corrected chi connectivity index (χ2v) is 6.26. The van der Waals surface area contributed by atoms with E-state index in [2.05, 4.69) is 31.0 Å². The first kappa shape index (κ1) is 17.0. The normalized spacial score (nSPS) is 12.2. The lowest BCUT2D eigenvalue weighted by atomic mass is 9.96. The average Bonchev–Trinajstić information content (AvgIpc) is 2.55. The third-order valence-corrected chi connectivity index (χ3v) is 4.02. The zero-order chi connectivity index (χ0) is 16.8. The number of carbonyl (C=O) groups is 1. The van der Waals surface area contributed by atoms with Crippen LogP contribution in [0.15, 0.2) is 53.5 Å². The highest BCUT2D eigenvalue weighted by Crippen LogP contribution is 2.27. The van der Waals surface area contributed by atoms with Crippen molar-refractivity contribution < 1.29 is 4.79 Å². The molecule has 0 fully saturated rings. The second-order valence-electron chi connectivity index (χ2n) is 6.26. The van der Waals surface area contributed by atoms with Crippen LogP contribution in [0.3, 0.4) is 0 Å². The number of H-pyrrole nitrogens is 1. The summed E-state index contributed by atoms with van der Waals surface area (Å²) in [6.07, 6.45) is 3.43. The zero-order valence-electron chi connectivity index (χ0n) is 14.0. The third-order valence-electron chi connectivity index (χ3n) is 4.02. The minimum absolute atomic E-state index is 0.0260. The number of benzene rings is 1. The van der Waals surface area contributed by atoms with Gasteiger partial charge >= 0.3 is 0 Å². The van der Waals surface area contributed by atoms with Crippen molar-refractivity contribution >= 4 is 5.91 Å². The number of nitrogens with zero attached hydrogens (tertiary/aromatic N) is 1. The lowest BCUT2D eigenvalue weighted by Gasteiger charge is -2.29. The van der Waals surface area contributed by atoms with Crippen LogP contribution >= 0.6 is 0 Å². The number of rotatable bonds is 6. The summed E-state index contributed by atoms with van der Waals surface area (Å²) in [6.45, 7) is 4.37. The molecule has 0 saturated carbocycles. The van der Waals surface area contributed by atoms with E-state index in [-0.39, 0.29) is 17.5 Å². The van der Waals surface area contributed by atoms with Crippen molar-refractivity contribution in [3.63, 3.8) is 0 Å². The fraction of sp³-hybridized carbons (Fsp3) is 0.368. The van der Waals surface area contributed by atoms with Crippen molar-refractivity contribution in [3.8, 4) is 0 Å². The molecule has 4 heteroatoms. The molecule has 23 heavy (non-hydrogen) atoms. The lowest BCUT2D eigenvalue weighted by Crippen LogP contribution is -2.32. The van der Waals surface area contributed by atoms with Crippen LogP contribution in [0.25, 0.3) is 0 Å². The largest absolute Gasteiger partial charge is 0.335 e. The number of amides is 1. The maximum Gasteiger partial charge on any atom is 0.255 e. The monoisotopic (exact) mass is 312 g/mol. The van der Waals surface area contributed by atoms with Gasteiger partial charge in [-0.15, -0.1) is 0 Å². The van der Waals surface area contributed by atoms with Crippen molar-refractivity contribution in [1.29, 1.82) is 0 Å². The number of hydrogen-bond acceptors (Lipinski definition) is 2. The Morgan fingerprint density at radius 1 is 1.09 bits per heavy atom. The Kier molecular flexibility index (Phi) is 5.74. The van der Waals surface area contributed by atoms with E-state index in [1.807, 2.05) is 25.2 Å². The molecule has 0 radical (unpaired) electrons. The van der Waals surface area contributed by atoms with Crippen molar-refractivity contribution in [2.24, 2.45) is 5.92 Å². The van der Waals surface area contributed by atoms with Gasteiger partial charge < -0.3 is 9.88 Å². The molecule has 0 unspecified atom stereocenters. The van der Waals surface area contributed by atoms with Crippen LogP contribution in [0.5, 0.6) is 0 Å². The van der Waals surface area contributed by atoms with E-state index in [0.717, 1.165) is 18.4 Å². The van der Waals surface area contributed by atoms with Crippen LogP contribution < -0.4 is 5.56 Å². The number of hydrogen-bond donors (Lipinski definition) is 1. The molecule has 0 aliphatic heterocycles. The molecule has 2 aromatic rings. The highest BCUT2D eigenvalue weighted by atomic mass is 16.2. The van der Waals surface area contributed by atoms with E-state index in [9.17, 15) is 9.59 Å². The summed E-state index contributed by atoms with van der Waals surface area (Å²) < 4.78 is 0. The van der Waals surface area contributed by atoms with Crippen molar-refractivity contribution in [1.82, 2.24) is 9.88 Å². The van der Waals surface area contributed by atoms with E-state index in [0.29, 0.717) is 11.5 Å².